The van der Waals surface area contributed by atoms with E-state index >= 15 is 0 Å². The molecule has 0 atom stereocenters. The molecule has 7 heteroatoms. The Morgan fingerprint density at radius 2 is 2.12 bits per heavy atom. The van der Waals surface area contributed by atoms with E-state index in [1.54, 1.807) is 28.5 Å². The van der Waals surface area contributed by atoms with Crippen molar-refractivity contribution < 1.29 is 19.1 Å². The van der Waals surface area contributed by atoms with E-state index in [1.165, 1.54) is 18.4 Å². The lowest BCUT2D eigenvalue weighted by Gasteiger charge is -2.30. The standard InChI is InChI=1S/C19H20N2O4S/c1-25-19(24)15-4-2-6-16-14(15)5-3-10-21(16)17(22)7-9-20-18(23)13-8-11-26-12-13/h2,4,6,8,11-12H,3,5,7,9-10H2,1H3,(H,20,23). The fraction of sp³-hybridized carbons (Fsp3) is 0.316. The number of fused-ring (bicyclic) bond motifs is 1. The molecule has 3 rings (SSSR count). The molecule has 2 heterocycles. The van der Waals surface area contributed by atoms with Gasteiger partial charge in [-0.15, -0.1) is 0 Å². The number of amides is 2. The zero-order chi connectivity index (χ0) is 18.5. The number of hydrogen-bond donors (Lipinski definition) is 1. The summed E-state index contributed by atoms with van der Waals surface area (Å²) < 4.78 is 4.84. The monoisotopic (exact) mass is 372 g/mol. The van der Waals surface area contributed by atoms with Crippen LogP contribution in [0.3, 0.4) is 0 Å². The molecule has 6 nitrogen and oxygen atoms in total. The van der Waals surface area contributed by atoms with E-state index < -0.39 is 0 Å². The third-order valence-electron chi connectivity index (χ3n) is 4.36. The van der Waals surface area contributed by atoms with E-state index in [4.69, 9.17) is 4.74 Å². The topological polar surface area (TPSA) is 75.7 Å². The Balaban J connectivity index is 1.66. The highest BCUT2D eigenvalue weighted by Crippen LogP contribution is 2.30. The number of rotatable bonds is 5. The van der Waals surface area contributed by atoms with Gasteiger partial charge < -0.3 is 15.0 Å². The van der Waals surface area contributed by atoms with Gasteiger partial charge in [-0.1, -0.05) is 6.07 Å². The van der Waals surface area contributed by atoms with E-state index in [-0.39, 0.29) is 30.7 Å². The van der Waals surface area contributed by atoms with Crippen LogP contribution in [-0.2, 0) is 16.0 Å². The van der Waals surface area contributed by atoms with Crippen LogP contribution in [0.25, 0.3) is 0 Å². The van der Waals surface area contributed by atoms with Gasteiger partial charge in [-0.25, -0.2) is 4.79 Å². The second-order valence-corrected chi connectivity index (χ2v) is 6.74. The first-order chi connectivity index (χ1) is 12.6. The van der Waals surface area contributed by atoms with Gasteiger partial charge in [0, 0.05) is 36.1 Å². The van der Waals surface area contributed by atoms with Gasteiger partial charge in [-0.2, -0.15) is 11.3 Å². The number of thiophene rings is 1. The van der Waals surface area contributed by atoms with E-state index in [0.29, 0.717) is 17.7 Å². The number of hydrogen-bond acceptors (Lipinski definition) is 5. The smallest absolute Gasteiger partial charge is 0.338 e. The van der Waals surface area contributed by atoms with Crippen LogP contribution in [0.2, 0.25) is 0 Å². The van der Waals surface area contributed by atoms with Crippen LogP contribution in [0.4, 0.5) is 5.69 Å². The minimum Gasteiger partial charge on any atom is -0.465 e. The summed E-state index contributed by atoms with van der Waals surface area (Å²) >= 11 is 1.45. The van der Waals surface area contributed by atoms with Crippen molar-refractivity contribution >= 4 is 34.8 Å². The van der Waals surface area contributed by atoms with E-state index in [1.807, 2.05) is 11.4 Å². The van der Waals surface area contributed by atoms with Gasteiger partial charge in [-0.3, -0.25) is 9.59 Å². The number of ether oxygens (including phenoxy) is 1. The number of nitrogens with zero attached hydrogens (tertiary/aromatic N) is 1. The molecule has 0 bridgehead atoms. The number of nitrogens with one attached hydrogen (secondary N) is 1. The van der Waals surface area contributed by atoms with Crippen molar-refractivity contribution in [2.75, 3.05) is 25.1 Å². The first kappa shape index (κ1) is 18.1. The lowest BCUT2D eigenvalue weighted by Crippen LogP contribution is -2.38. The van der Waals surface area contributed by atoms with Gasteiger partial charge in [-0.05, 0) is 42.0 Å². The highest BCUT2D eigenvalue weighted by atomic mass is 32.1. The normalized spacial score (nSPS) is 13.0. The molecule has 2 aromatic rings. The second-order valence-electron chi connectivity index (χ2n) is 5.96. The van der Waals surface area contributed by atoms with Crippen LogP contribution in [-0.4, -0.2) is 38.0 Å². The number of anilines is 1. The van der Waals surface area contributed by atoms with Crippen LogP contribution >= 0.6 is 11.3 Å². The third kappa shape index (κ3) is 3.77. The lowest BCUT2D eigenvalue weighted by atomic mass is 9.96. The zero-order valence-electron chi connectivity index (χ0n) is 14.5. The molecule has 0 aliphatic carbocycles. The minimum atomic E-state index is -0.390. The Hall–Kier alpha value is -2.67. The fourth-order valence-corrected chi connectivity index (χ4v) is 3.73. The number of carbonyl (C=O) groups is 3. The van der Waals surface area contributed by atoms with Gasteiger partial charge in [0.1, 0.15) is 0 Å². The number of esters is 1. The van der Waals surface area contributed by atoms with Crippen LogP contribution in [0.5, 0.6) is 0 Å². The fourth-order valence-electron chi connectivity index (χ4n) is 3.10. The molecule has 0 radical (unpaired) electrons. The van der Waals surface area contributed by atoms with E-state index in [0.717, 1.165) is 24.1 Å². The Kier molecular flexibility index (Phi) is 5.68. The van der Waals surface area contributed by atoms with Crippen molar-refractivity contribution in [3.63, 3.8) is 0 Å². The Labute approximate surface area is 155 Å². The van der Waals surface area contributed by atoms with Gasteiger partial charge >= 0.3 is 5.97 Å². The van der Waals surface area contributed by atoms with Gasteiger partial charge in [0.05, 0.1) is 12.7 Å². The van der Waals surface area contributed by atoms with Crippen molar-refractivity contribution in [1.82, 2.24) is 5.32 Å². The third-order valence-corrected chi connectivity index (χ3v) is 5.05. The van der Waals surface area contributed by atoms with Crippen molar-refractivity contribution in [2.45, 2.75) is 19.3 Å². The van der Waals surface area contributed by atoms with E-state index in [9.17, 15) is 14.4 Å². The quantitative estimate of drug-likeness (QED) is 0.819. The molecule has 0 spiro atoms. The summed E-state index contributed by atoms with van der Waals surface area (Å²) in [6, 6.07) is 7.08. The Bertz CT molecular complexity index is 817. The molecule has 0 unspecified atom stereocenters. The lowest BCUT2D eigenvalue weighted by molar-refractivity contribution is -0.118. The summed E-state index contributed by atoms with van der Waals surface area (Å²) in [5.74, 6) is -0.635. The number of benzene rings is 1. The molecule has 0 saturated carbocycles. The first-order valence-electron chi connectivity index (χ1n) is 8.42. The summed E-state index contributed by atoms with van der Waals surface area (Å²) in [4.78, 5) is 38.2. The molecule has 2 amide bonds. The number of carbonyl (C=O) groups excluding carboxylic acids is 3. The first-order valence-corrected chi connectivity index (χ1v) is 9.37. The minimum absolute atomic E-state index is 0.0708. The maximum absolute atomic E-state index is 12.6. The average molecular weight is 372 g/mol. The molecular weight excluding hydrogens is 352 g/mol. The molecular formula is C19H20N2O4S. The Morgan fingerprint density at radius 3 is 2.85 bits per heavy atom. The highest BCUT2D eigenvalue weighted by Gasteiger charge is 2.26. The molecule has 1 aromatic heterocycles. The maximum atomic E-state index is 12.6. The van der Waals surface area contributed by atoms with Crippen molar-refractivity contribution in [3.8, 4) is 0 Å². The molecule has 26 heavy (non-hydrogen) atoms. The Morgan fingerprint density at radius 1 is 1.27 bits per heavy atom. The van der Waals surface area contributed by atoms with Crippen molar-refractivity contribution in [2.24, 2.45) is 0 Å². The summed E-state index contributed by atoms with van der Waals surface area (Å²) in [6.07, 6.45) is 1.73. The van der Waals surface area contributed by atoms with Gasteiger partial charge in [0.15, 0.2) is 0 Å². The molecule has 0 saturated heterocycles. The van der Waals surface area contributed by atoms with Gasteiger partial charge in [0.25, 0.3) is 5.91 Å². The average Bonchev–Trinajstić information content (AvgIpc) is 3.21. The van der Waals surface area contributed by atoms with Crippen molar-refractivity contribution in [3.05, 3.63) is 51.7 Å². The molecule has 1 aliphatic rings. The molecule has 136 valence electrons. The zero-order valence-corrected chi connectivity index (χ0v) is 15.3. The molecule has 1 aliphatic heterocycles. The second kappa shape index (κ2) is 8.14. The SMILES string of the molecule is COC(=O)c1cccc2c1CCCN2C(=O)CCNC(=O)c1ccsc1. The molecule has 1 N–H and O–H groups in total. The van der Waals surface area contributed by atoms with Crippen LogP contribution in [0.1, 0.15) is 39.1 Å². The molecule has 0 fully saturated rings. The maximum Gasteiger partial charge on any atom is 0.338 e. The van der Waals surface area contributed by atoms with Crippen LogP contribution < -0.4 is 10.2 Å². The van der Waals surface area contributed by atoms with Crippen molar-refractivity contribution in [1.29, 1.82) is 0 Å². The summed E-state index contributed by atoms with van der Waals surface area (Å²) in [5, 5.41) is 6.37. The summed E-state index contributed by atoms with van der Waals surface area (Å²) in [6.45, 7) is 0.880. The largest absolute Gasteiger partial charge is 0.465 e. The van der Waals surface area contributed by atoms with Gasteiger partial charge in [0.2, 0.25) is 5.91 Å². The molecule has 1 aromatic carbocycles. The summed E-state index contributed by atoms with van der Waals surface area (Å²) in [7, 11) is 1.35. The van der Waals surface area contributed by atoms with Crippen LogP contribution in [0, 0.1) is 0 Å². The van der Waals surface area contributed by atoms with E-state index in [2.05, 4.69) is 5.32 Å². The number of methoxy groups -OCH3 is 1. The van der Waals surface area contributed by atoms with Crippen LogP contribution in [0.15, 0.2) is 35.0 Å². The predicted molar refractivity (Wildman–Crippen MR) is 99.7 cm³/mol. The highest BCUT2D eigenvalue weighted by molar-refractivity contribution is 7.08. The predicted octanol–water partition coefficient (Wildman–Crippen LogP) is 2.63. The summed E-state index contributed by atoms with van der Waals surface area (Å²) in [5.41, 5.74) is 2.72.